The standard InChI is InChI=1S/C26H27Cl2N9.2C26H30Cl2N8O.C25H29Cl2N7/c1-16(20-5-4-19(27)9-21(20)28)37-26-25(22(10-29)34-37)32-11-24(33-26)36-13-18(14-36)17-3-2-8-35(12-17)15-23-30-6-7-31-23;2*1-16(20-7-6-19(27)10-21(20)28)36-26-25(22(11-29)33-36)31-12-24(32-26)35-14-18(15-35)17-4-2-8-34(13-17)9-3-5-23(30)37;1-15(2)32-8-4-5-17(12-32)18-13-33(14-18)23-11-29-24-22(10-28)31-34(25(24)30-23)16(3)20-7-6-19(26)9-21(20)27/h4-7,9,11,16-18H,2-3,8,12-15H2,1H3,(H,30,31);2*6-7,10,12,16-18H,2-5,8-9,13-15H2,1H3,(H2,30,37);6-7,9,11,15-18H,4-5,8,12-14H2,1-3H3/t2*16-,17+;16-,17-;16-,17+/m1111/s1. The molecule has 8 atom stereocenters. The van der Waals surface area contributed by atoms with E-state index in [1.54, 1.807) is 92.0 Å². The number of H-pyrrole nitrogens is 1. The van der Waals surface area contributed by atoms with Crippen LogP contribution in [0.4, 0.5) is 23.3 Å². The van der Waals surface area contributed by atoms with Crippen molar-refractivity contribution in [2.24, 2.45) is 58.8 Å². The number of primary amides is 2. The van der Waals surface area contributed by atoms with Crippen molar-refractivity contribution in [2.75, 3.05) is 137 Å². The topological polar surface area (TPSA) is 410 Å². The molecule has 42 heteroatoms. The molecular formula is C103H116Cl8N32O2. The second kappa shape index (κ2) is 45.9. The maximum atomic E-state index is 11.1. The van der Waals surface area contributed by atoms with Crippen LogP contribution in [0.5, 0.6) is 0 Å². The van der Waals surface area contributed by atoms with Gasteiger partial charge in [0.25, 0.3) is 0 Å². The SMILES string of the molecule is CC(C)N1CCC[C@H](C2CN(c3cnc4c(C#N)nn([C@H](C)c5ccc(Cl)cc5Cl)c4n3)C2)C1.C[C@H](c1ccc(Cl)cc1Cl)n1nc(C#N)c2ncc(N3CC([C@@H]4CCCN(CCCC(N)=O)C4)C3)nc21.C[C@H](c1ccc(Cl)cc1Cl)n1nc(C#N)c2ncc(N3CC([C@H]4CCCN(CCCC(N)=O)C4)C3)nc21.C[C@H](c1ccc(Cl)cc1Cl)n1nc(C#N)c2ncc(N3CC([C@H]4CCCN(Cc5ncc[nH]5)C4)C3)nc21. The van der Waals surface area contributed by atoms with Crippen LogP contribution in [-0.4, -0.2) is 244 Å². The number of nitrogens with one attached hydrogen (secondary N) is 1. The number of hydrogen-bond acceptors (Lipinski definition) is 27. The minimum absolute atomic E-state index is 0.227. The molecule has 8 saturated heterocycles. The van der Waals surface area contributed by atoms with Gasteiger partial charge < -0.3 is 50.8 Å². The molecule has 17 heterocycles. The Morgan fingerprint density at radius 3 is 0.931 bits per heavy atom. The van der Waals surface area contributed by atoms with Crippen LogP contribution >= 0.6 is 92.8 Å². The lowest BCUT2D eigenvalue weighted by molar-refractivity contribution is -0.119. The zero-order chi connectivity index (χ0) is 102. The normalized spacial score (nSPS) is 19.8. The first kappa shape index (κ1) is 104. The molecule has 4 aromatic carbocycles. The van der Waals surface area contributed by atoms with Gasteiger partial charge in [-0.3, -0.25) is 14.5 Å². The number of carbonyl (C=O) groups is 2. The lowest BCUT2D eigenvalue weighted by Gasteiger charge is -2.47. The number of nitriles is 4. The number of benzene rings is 4. The number of aromatic nitrogens is 18. The van der Waals surface area contributed by atoms with Gasteiger partial charge in [0.05, 0.1) is 55.5 Å². The summed E-state index contributed by atoms with van der Waals surface area (Å²) in [6.07, 6.45) is 23.2. The van der Waals surface area contributed by atoms with E-state index in [9.17, 15) is 30.6 Å². The third kappa shape index (κ3) is 23.3. The Hall–Kier alpha value is -11.5. The average Bonchev–Trinajstić information content (AvgIpc) is 1.60. The zero-order valence-corrected chi connectivity index (χ0v) is 87.8. The van der Waals surface area contributed by atoms with Crippen LogP contribution in [0.1, 0.15) is 194 Å². The van der Waals surface area contributed by atoms with Gasteiger partial charge >= 0.3 is 0 Å². The number of likely N-dealkylation sites (tertiary alicyclic amines) is 4. The molecule has 8 fully saturated rings. The Morgan fingerprint density at radius 2 is 0.662 bits per heavy atom. The van der Waals surface area contributed by atoms with Gasteiger partial charge in [-0.1, -0.05) is 117 Å². The molecule has 5 N–H and O–H groups in total. The fraction of sp³-hybridized carbons (Fsp3) is 0.485. The van der Waals surface area contributed by atoms with Gasteiger partial charge in [0.1, 0.15) is 75.4 Å². The second-order valence-corrected chi connectivity index (χ2v) is 43.3. The van der Waals surface area contributed by atoms with Gasteiger partial charge in [-0.05, 0) is 263 Å². The highest BCUT2D eigenvalue weighted by atomic mass is 35.5. The van der Waals surface area contributed by atoms with Gasteiger partial charge in [0, 0.05) is 150 Å². The Labute approximate surface area is 882 Å². The molecule has 13 aromatic rings. The van der Waals surface area contributed by atoms with Gasteiger partial charge in [-0.15, -0.1) is 0 Å². The summed E-state index contributed by atoms with van der Waals surface area (Å²) in [6, 6.07) is 29.7. The number of aromatic amines is 1. The van der Waals surface area contributed by atoms with Crippen molar-refractivity contribution < 1.29 is 9.59 Å². The third-order valence-electron chi connectivity index (χ3n) is 30.3. The summed E-state index contributed by atoms with van der Waals surface area (Å²) >= 11 is 50.2. The van der Waals surface area contributed by atoms with Crippen molar-refractivity contribution in [3.63, 3.8) is 0 Å². The Bertz CT molecular complexity index is 6840. The van der Waals surface area contributed by atoms with E-state index in [4.69, 9.17) is 124 Å². The number of fused-ring (bicyclic) bond motifs is 4. The lowest BCUT2D eigenvalue weighted by atomic mass is 9.80. The molecule has 2 amide bonds. The van der Waals surface area contributed by atoms with Crippen LogP contribution in [-0.2, 0) is 16.1 Å². The minimum Gasteiger partial charge on any atom is -0.370 e. The quantitative estimate of drug-likeness (QED) is 0.0430. The number of piperidine rings is 4. The van der Waals surface area contributed by atoms with Crippen molar-refractivity contribution in [3.8, 4) is 24.3 Å². The fourth-order valence-electron chi connectivity index (χ4n) is 21.9. The summed E-state index contributed by atoms with van der Waals surface area (Å²) in [5, 5.41) is 61.0. The number of hydrogen-bond donors (Lipinski definition) is 3. The molecule has 0 aliphatic carbocycles. The molecule has 0 unspecified atom stereocenters. The van der Waals surface area contributed by atoms with E-state index in [1.807, 2.05) is 64.4 Å². The molecule has 9 aromatic heterocycles. The number of nitrogens with zero attached hydrogens (tertiary/aromatic N) is 29. The number of rotatable bonds is 27. The van der Waals surface area contributed by atoms with Gasteiger partial charge in [0.2, 0.25) is 11.8 Å². The van der Waals surface area contributed by atoms with Crippen LogP contribution in [0.15, 0.2) is 110 Å². The van der Waals surface area contributed by atoms with E-state index in [2.05, 4.69) is 128 Å². The number of carbonyl (C=O) groups excluding carboxylic acids is 2. The molecule has 8 aliphatic heterocycles. The van der Waals surface area contributed by atoms with E-state index in [0.717, 1.165) is 181 Å². The van der Waals surface area contributed by atoms with E-state index in [1.165, 1.54) is 64.5 Å². The van der Waals surface area contributed by atoms with Crippen LogP contribution in [0.25, 0.3) is 44.7 Å². The summed E-state index contributed by atoms with van der Waals surface area (Å²) in [6.45, 7) is 31.8. The second-order valence-electron chi connectivity index (χ2n) is 40.0. The van der Waals surface area contributed by atoms with Crippen LogP contribution in [0.3, 0.4) is 0 Å². The first-order valence-corrected chi connectivity index (χ1v) is 52.9. The summed E-state index contributed by atoms with van der Waals surface area (Å²) in [5.41, 5.74) is 19.3. The molecule has 34 nitrogen and oxygen atoms in total. The van der Waals surface area contributed by atoms with Crippen molar-refractivity contribution in [1.82, 2.24) is 109 Å². The van der Waals surface area contributed by atoms with Gasteiger partial charge in [-0.25, -0.2) is 63.6 Å². The number of nitrogens with two attached hydrogens (primary N) is 2. The molecule has 756 valence electrons. The fourth-order valence-corrected chi connectivity index (χ4v) is 24.2. The Morgan fingerprint density at radius 1 is 0.379 bits per heavy atom. The van der Waals surface area contributed by atoms with Gasteiger partial charge in [0.15, 0.2) is 45.4 Å². The van der Waals surface area contributed by atoms with E-state index < -0.39 is 0 Å². The molecule has 0 saturated carbocycles. The highest BCUT2D eigenvalue weighted by molar-refractivity contribution is 6.37. The van der Waals surface area contributed by atoms with Crippen LogP contribution < -0.4 is 31.1 Å². The lowest BCUT2D eigenvalue weighted by Crippen LogP contribution is -2.54. The number of anilines is 4. The smallest absolute Gasteiger partial charge is 0.217 e. The minimum atomic E-state index is -0.258. The maximum Gasteiger partial charge on any atom is 0.217 e. The summed E-state index contributed by atoms with van der Waals surface area (Å²) in [4.78, 5) is 86.8. The molecule has 0 spiro atoms. The first-order chi connectivity index (χ1) is 70.0. The highest BCUT2D eigenvalue weighted by Gasteiger charge is 2.43. The molecule has 145 heavy (non-hydrogen) atoms. The maximum absolute atomic E-state index is 11.1. The highest BCUT2D eigenvalue weighted by Crippen LogP contribution is 2.43. The molecule has 8 aliphatic rings. The zero-order valence-electron chi connectivity index (χ0n) is 81.8. The molecular weight excluding hydrogens is 2000 g/mol. The molecule has 21 rings (SSSR count). The van der Waals surface area contributed by atoms with Crippen molar-refractivity contribution in [2.45, 2.75) is 155 Å². The summed E-state index contributed by atoms with van der Waals surface area (Å²) in [5.74, 6) is 9.00. The first-order valence-electron chi connectivity index (χ1n) is 49.9. The Kier molecular flexibility index (Phi) is 32.8. The summed E-state index contributed by atoms with van der Waals surface area (Å²) in [7, 11) is 0. The molecule has 0 bridgehead atoms. The number of halogens is 8. The average molecular weight is 2120 g/mol. The number of imidazole rings is 1. The van der Waals surface area contributed by atoms with Crippen molar-refractivity contribution in [1.29, 1.82) is 21.0 Å². The van der Waals surface area contributed by atoms with Crippen LogP contribution in [0, 0.1) is 92.7 Å². The predicted molar refractivity (Wildman–Crippen MR) is 565 cm³/mol. The third-order valence-corrected chi connectivity index (χ3v) is 32.5. The number of amides is 2. The van der Waals surface area contributed by atoms with Crippen molar-refractivity contribution in [3.05, 3.63) is 201 Å². The van der Waals surface area contributed by atoms with E-state index >= 15 is 0 Å². The largest absolute Gasteiger partial charge is 0.370 e. The molecule has 0 radical (unpaired) electrons. The van der Waals surface area contributed by atoms with Gasteiger partial charge in [-0.2, -0.15) is 41.4 Å². The predicted octanol–water partition coefficient (Wildman–Crippen LogP) is 17.9. The van der Waals surface area contributed by atoms with E-state index in [0.29, 0.717) is 145 Å². The van der Waals surface area contributed by atoms with Crippen molar-refractivity contribution >= 4 is 173 Å². The monoisotopic (exact) mass is 2110 g/mol. The van der Waals surface area contributed by atoms with E-state index in [-0.39, 0.29) is 58.8 Å². The van der Waals surface area contributed by atoms with Crippen LogP contribution in [0.2, 0.25) is 40.2 Å². The summed E-state index contributed by atoms with van der Waals surface area (Å²) < 4.78 is 6.94. The Balaban J connectivity index is 0.000000127.